The third-order valence-corrected chi connectivity index (χ3v) is 5.52. The van der Waals surface area contributed by atoms with Gasteiger partial charge in [-0.25, -0.2) is 4.98 Å². The van der Waals surface area contributed by atoms with Crippen LogP contribution < -0.4 is 5.32 Å². The molecule has 5 heteroatoms. The van der Waals surface area contributed by atoms with Gasteiger partial charge in [0.2, 0.25) is 5.91 Å². The summed E-state index contributed by atoms with van der Waals surface area (Å²) in [5.74, 6) is 1.14. The fourth-order valence-corrected chi connectivity index (χ4v) is 4.02. The van der Waals surface area contributed by atoms with E-state index < -0.39 is 0 Å². The summed E-state index contributed by atoms with van der Waals surface area (Å²) < 4.78 is 5.33. The number of nitrogens with one attached hydrogen (secondary N) is 1. The quantitative estimate of drug-likeness (QED) is 0.934. The lowest BCUT2D eigenvalue weighted by Crippen LogP contribution is -2.51. The van der Waals surface area contributed by atoms with E-state index in [1.807, 2.05) is 12.3 Å². The van der Waals surface area contributed by atoms with Gasteiger partial charge in [0.25, 0.3) is 0 Å². The number of carbonyl (C=O) groups excluding carboxylic acids is 1. The summed E-state index contributed by atoms with van der Waals surface area (Å²) in [4.78, 5) is 18.2. The van der Waals surface area contributed by atoms with Crippen LogP contribution in [0.25, 0.3) is 10.8 Å². The Bertz CT molecular complexity index is 793. The van der Waals surface area contributed by atoms with Crippen LogP contribution in [0.5, 0.6) is 0 Å². The van der Waals surface area contributed by atoms with Gasteiger partial charge < -0.3 is 10.1 Å². The van der Waals surface area contributed by atoms with E-state index in [1.165, 1.54) is 30.9 Å². The molecule has 5 nitrogen and oxygen atoms in total. The van der Waals surface area contributed by atoms with Crippen LogP contribution in [0.4, 0.5) is 5.82 Å². The highest BCUT2D eigenvalue weighted by Crippen LogP contribution is 2.34. The maximum Gasteiger partial charge on any atom is 0.222 e. The summed E-state index contributed by atoms with van der Waals surface area (Å²) in [6.45, 7) is 7.82. The zero-order chi connectivity index (χ0) is 17.4. The molecule has 1 aromatic heterocycles. The predicted octanol–water partition coefficient (Wildman–Crippen LogP) is 3.08. The molecule has 2 aliphatic heterocycles. The number of ether oxygens (including phenoxy) is 1. The van der Waals surface area contributed by atoms with E-state index >= 15 is 0 Å². The molecule has 0 bridgehead atoms. The number of aryl methyl sites for hydroxylation is 1. The van der Waals surface area contributed by atoms with Crippen molar-refractivity contribution in [1.82, 2.24) is 9.88 Å². The van der Waals surface area contributed by atoms with Gasteiger partial charge in [0.15, 0.2) is 0 Å². The second-order valence-electron chi connectivity index (χ2n) is 7.31. The molecule has 2 aromatic rings. The largest absolute Gasteiger partial charge is 0.378 e. The maximum absolute atomic E-state index is 11.3. The molecular formula is C20H25N3O2. The number of amides is 1. The first-order valence-electron chi connectivity index (χ1n) is 9.10. The Morgan fingerprint density at radius 1 is 1.20 bits per heavy atom. The maximum atomic E-state index is 11.3. The van der Waals surface area contributed by atoms with Crippen molar-refractivity contribution in [3.05, 3.63) is 35.5 Å². The van der Waals surface area contributed by atoms with E-state index in [0.717, 1.165) is 37.1 Å². The predicted molar refractivity (Wildman–Crippen MR) is 98.9 cm³/mol. The second kappa shape index (κ2) is 6.73. The number of hydrogen-bond donors (Lipinski definition) is 1. The summed E-state index contributed by atoms with van der Waals surface area (Å²) in [6.07, 6.45) is 4.25. The minimum atomic E-state index is -0.0912. The van der Waals surface area contributed by atoms with E-state index in [9.17, 15) is 4.79 Å². The molecule has 0 aliphatic carbocycles. The van der Waals surface area contributed by atoms with Crippen molar-refractivity contribution >= 4 is 22.5 Å². The molecule has 1 amide bonds. The van der Waals surface area contributed by atoms with Gasteiger partial charge in [-0.3, -0.25) is 9.69 Å². The molecule has 25 heavy (non-hydrogen) atoms. The first-order valence-corrected chi connectivity index (χ1v) is 9.10. The van der Waals surface area contributed by atoms with Gasteiger partial charge in [-0.1, -0.05) is 6.07 Å². The summed E-state index contributed by atoms with van der Waals surface area (Å²) >= 11 is 0. The highest BCUT2D eigenvalue weighted by Gasteiger charge is 2.30. The van der Waals surface area contributed by atoms with Crippen molar-refractivity contribution in [1.29, 1.82) is 0 Å². The van der Waals surface area contributed by atoms with Crippen molar-refractivity contribution < 1.29 is 9.53 Å². The van der Waals surface area contributed by atoms with Gasteiger partial charge in [0, 0.05) is 18.5 Å². The Kier molecular flexibility index (Phi) is 4.44. The van der Waals surface area contributed by atoms with Crippen LogP contribution in [0.1, 0.15) is 36.8 Å². The molecule has 0 saturated carbocycles. The number of benzene rings is 1. The van der Waals surface area contributed by atoms with Gasteiger partial charge in [-0.15, -0.1) is 0 Å². The summed E-state index contributed by atoms with van der Waals surface area (Å²) in [7, 11) is 0. The smallest absolute Gasteiger partial charge is 0.222 e. The molecule has 1 aromatic carbocycles. The molecule has 0 unspecified atom stereocenters. The number of likely N-dealkylation sites (tertiary alicyclic amines) is 1. The van der Waals surface area contributed by atoms with Crippen molar-refractivity contribution in [2.24, 2.45) is 0 Å². The molecule has 0 radical (unpaired) electrons. The number of carbonyl (C=O) groups is 1. The van der Waals surface area contributed by atoms with Crippen LogP contribution in [-0.4, -0.2) is 48.1 Å². The van der Waals surface area contributed by atoms with Crippen molar-refractivity contribution in [3.63, 3.8) is 0 Å². The van der Waals surface area contributed by atoms with Gasteiger partial charge in [-0.2, -0.15) is 0 Å². The summed E-state index contributed by atoms with van der Waals surface area (Å²) in [6, 6.07) is 7.14. The number of fused-ring (bicyclic) bond motifs is 1. The summed E-state index contributed by atoms with van der Waals surface area (Å²) in [5.41, 5.74) is 2.78. The standard InChI is InChI=1S/C20H25N3O2/c1-13-7-17-10-21-20(22-14(2)24)9-16(17)8-19(13)15-3-5-23(6-4-15)18-11-25-12-18/h7-10,15,18H,3-6,11-12H2,1-2H3,(H,21,22,24). The first-order chi connectivity index (χ1) is 12.1. The van der Waals surface area contributed by atoms with Crippen LogP contribution in [0.15, 0.2) is 24.4 Å². The van der Waals surface area contributed by atoms with Crippen molar-refractivity contribution in [2.45, 2.75) is 38.6 Å². The monoisotopic (exact) mass is 339 g/mol. The highest BCUT2D eigenvalue weighted by molar-refractivity contribution is 5.91. The van der Waals surface area contributed by atoms with E-state index in [2.05, 4.69) is 34.3 Å². The lowest BCUT2D eigenvalue weighted by Gasteiger charge is -2.41. The highest BCUT2D eigenvalue weighted by atomic mass is 16.5. The zero-order valence-corrected chi connectivity index (χ0v) is 14.9. The molecule has 2 aliphatic rings. The average Bonchev–Trinajstić information content (AvgIpc) is 2.53. The van der Waals surface area contributed by atoms with Crippen LogP contribution in [0, 0.1) is 6.92 Å². The minimum absolute atomic E-state index is 0.0912. The van der Waals surface area contributed by atoms with E-state index in [-0.39, 0.29) is 5.91 Å². The fourth-order valence-electron chi connectivity index (χ4n) is 4.02. The molecule has 0 spiro atoms. The lowest BCUT2D eigenvalue weighted by molar-refractivity contribution is -0.114. The molecular weight excluding hydrogens is 314 g/mol. The Hall–Kier alpha value is -1.98. The summed E-state index contributed by atoms with van der Waals surface area (Å²) in [5, 5.41) is 5.04. The normalized spacial score (nSPS) is 19.8. The Labute approximate surface area is 148 Å². The molecule has 1 N–H and O–H groups in total. The van der Waals surface area contributed by atoms with E-state index in [1.54, 1.807) is 0 Å². The fraction of sp³-hybridized carbons (Fsp3) is 0.500. The van der Waals surface area contributed by atoms with Crippen LogP contribution >= 0.6 is 0 Å². The molecule has 3 heterocycles. The third-order valence-electron chi connectivity index (χ3n) is 5.52. The Morgan fingerprint density at radius 3 is 2.60 bits per heavy atom. The van der Waals surface area contributed by atoms with E-state index in [0.29, 0.717) is 17.8 Å². The molecule has 132 valence electrons. The SMILES string of the molecule is CC(=O)Nc1cc2cc(C3CCN(C4COC4)CC3)c(C)cc2cn1. The van der Waals surface area contributed by atoms with Gasteiger partial charge in [-0.05, 0) is 67.4 Å². The van der Waals surface area contributed by atoms with Crippen LogP contribution in [0.2, 0.25) is 0 Å². The molecule has 2 saturated heterocycles. The number of anilines is 1. The van der Waals surface area contributed by atoms with Gasteiger partial charge in [0.1, 0.15) is 5.82 Å². The lowest BCUT2D eigenvalue weighted by atomic mass is 9.85. The number of rotatable bonds is 3. The Balaban J connectivity index is 1.56. The van der Waals surface area contributed by atoms with Gasteiger partial charge in [0.05, 0.1) is 19.3 Å². The van der Waals surface area contributed by atoms with Crippen LogP contribution in [-0.2, 0) is 9.53 Å². The first kappa shape index (κ1) is 16.5. The average molecular weight is 339 g/mol. The topological polar surface area (TPSA) is 54.5 Å². The minimum Gasteiger partial charge on any atom is -0.378 e. The molecule has 4 rings (SSSR count). The van der Waals surface area contributed by atoms with Crippen molar-refractivity contribution in [2.75, 3.05) is 31.6 Å². The molecule has 0 atom stereocenters. The number of aromatic nitrogens is 1. The molecule has 2 fully saturated rings. The number of pyridine rings is 1. The zero-order valence-electron chi connectivity index (χ0n) is 14.9. The number of piperidine rings is 1. The second-order valence-corrected chi connectivity index (χ2v) is 7.31. The van der Waals surface area contributed by atoms with Crippen molar-refractivity contribution in [3.8, 4) is 0 Å². The number of nitrogens with zero attached hydrogens (tertiary/aromatic N) is 2. The third kappa shape index (κ3) is 3.39. The Morgan fingerprint density at radius 2 is 1.96 bits per heavy atom. The van der Waals surface area contributed by atoms with Gasteiger partial charge >= 0.3 is 0 Å². The van der Waals surface area contributed by atoms with E-state index in [4.69, 9.17) is 4.74 Å². The van der Waals surface area contributed by atoms with Crippen LogP contribution in [0.3, 0.4) is 0 Å². The number of hydrogen-bond acceptors (Lipinski definition) is 4.